The van der Waals surface area contributed by atoms with E-state index in [-0.39, 0.29) is 6.42 Å². The zero-order valence-corrected chi connectivity index (χ0v) is 39.2. The molecule has 14 heteroatoms. The van der Waals surface area contributed by atoms with Crippen molar-refractivity contribution in [3.63, 3.8) is 0 Å². The third-order valence-corrected chi connectivity index (χ3v) is 13.1. The van der Waals surface area contributed by atoms with E-state index in [2.05, 4.69) is 19.2 Å². The molecule has 1 rings (SSSR count). The molecule has 362 valence electrons. The maximum atomic E-state index is 13.0. The van der Waals surface area contributed by atoms with Crippen molar-refractivity contribution in [3.05, 3.63) is 12.2 Å². The Morgan fingerprint density at radius 3 is 1.34 bits per heavy atom. The van der Waals surface area contributed by atoms with E-state index in [1.807, 2.05) is 0 Å². The number of aliphatic hydroxyl groups is 7. The van der Waals surface area contributed by atoms with Crippen LogP contribution in [0.4, 0.5) is 0 Å². The predicted molar refractivity (Wildman–Crippen MR) is 243 cm³/mol. The fraction of sp³-hybridized carbons (Fsp3) is 0.936. The van der Waals surface area contributed by atoms with Crippen molar-refractivity contribution in [2.24, 2.45) is 0 Å². The van der Waals surface area contributed by atoms with E-state index in [1.54, 1.807) is 6.08 Å². The lowest BCUT2D eigenvalue weighted by atomic mass is 9.85. The molecule has 0 aromatic carbocycles. The summed E-state index contributed by atoms with van der Waals surface area (Å²) >= 11 is 0. The van der Waals surface area contributed by atoms with E-state index in [1.165, 1.54) is 147 Å². The number of hydrogen-bond donors (Lipinski definition) is 9. The molecule has 1 amide bonds. The Morgan fingerprint density at radius 1 is 0.574 bits per heavy atom. The van der Waals surface area contributed by atoms with E-state index in [9.17, 15) is 50.0 Å². The summed E-state index contributed by atoms with van der Waals surface area (Å²) in [6.07, 6.45) is 25.9. The van der Waals surface area contributed by atoms with Crippen LogP contribution < -0.4 is 5.32 Å². The minimum Gasteiger partial charge on any atom is -0.393 e. The molecule has 9 N–H and O–H groups in total. The summed E-state index contributed by atoms with van der Waals surface area (Å²) in [6.45, 7) is 3.75. The molecule has 0 radical (unpaired) electrons. The zero-order valence-electron chi connectivity index (χ0n) is 38.3. The highest BCUT2D eigenvalue weighted by Crippen LogP contribution is 2.47. The zero-order chi connectivity index (χ0) is 45.1. The van der Waals surface area contributed by atoms with Crippen molar-refractivity contribution in [2.45, 2.75) is 274 Å². The van der Waals surface area contributed by atoms with E-state index in [0.29, 0.717) is 12.8 Å². The molecular weight excluding hydrogens is 801 g/mol. The van der Waals surface area contributed by atoms with Crippen molar-refractivity contribution in [2.75, 3.05) is 6.61 Å². The Balaban J connectivity index is 2.48. The summed E-state index contributed by atoms with van der Waals surface area (Å²) in [6, 6.07) is -1.23. The standard InChI is InChI=1S/C47H92NO12P/c1-3-5-7-9-11-13-15-17-18-19-20-21-23-24-26-28-30-32-34-38(49)36-41(51)48-39(40(50)35-33-31-29-27-25-22-16-14-12-10-8-6-4-2)37-59-61(57,58)60-47-45(55)43(53)42(52)44(54)46(47)56/h33,35,38-40,42-47,49-50,52-56H,3-32,34,36-37H2,1-2H3,(H,48,51)(H,57,58)/b35-33+. The lowest BCUT2D eigenvalue weighted by Crippen LogP contribution is -2.64. The molecule has 0 heterocycles. The van der Waals surface area contributed by atoms with Gasteiger partial charge in [0.25, 0.3) is 0 Å². The number of aliphatic hydroxyl groups excluding tert-OH is 7. The van der Waals surface area contributed by atoms with Crippen LogP contribution in [-0.2, 0) is 18.4 Å². The van der Waals surface area contributed by atoms with Crippen LogP contribution in [0.5, 0.6) is 0 Å². The van der Waals surface area contributed by atoms with Gasteiger partial charge in [-0.1, -0.05) is 206 Å². The summed E-state index contributed by atoms with van der Waals surface area (Å²) in [4.78, 5) is 23.5. The topological polar surface area (TPSA) is 226 Å². The maximum absolute atomic E-state index is 13.0. The molecule has 0 spiro atoms. The number of unbranched alkanes of at least 4 members (excludes halogenated alkanes) is 28. The number of hydrogen-bond acceptors (Lipinski definition) is 11. The third-order valence-electron chi connectivity index (χ3n) is 12.1. The van der Waals surface area contributed by atoms with Crippen LogP contribution in [0, 0.1) is 0 Å². The normalized spacial score (nSPS) is 23.2. The van der Waals surface area contributed by atoms with Gasteiger partial charge in [0.05, 0.1) is 31.3 Å². The van der Waals surface area contributed by atoms with E-state index < -0.39 is 75.2 Å². The van der Waals surface area contributed by atoms with Crippen LogP contribution in [0.25, 0.3) is 0 Å². The molecule has 1 fully saturated rings. The smallest absolute Gasteiger partial charge is 0.393 e. The number of carbonyl (C=O) groups is 1. The lowest BCUT2D eigenvalue weighted by Gasteiger charge is -2.41. The molecule has 0 aromatic heterocycles. The first-order chi connectivity index (χ1) is 29.3. The quantitative estimate of drug-likeness (QED) is 0.0160. The van der Waals surface area contributed by atoms with Crippen molar-refractivity contribution in [3.8, 4) is 0 Å². The van der Waals surface area contributed by atoms with Crippen LogP contribution in [-0.4, -0.2) is 108 Å². The predicted octanol–water partition coefficient (Wildman–Crippen LogP) is 8.59. The summed E-state index contributed by atoms with van der Waals surface area (Å²) < 4.78 is 22.9. The molecule has 8 unspecified atom stereocenters. The fourth-order valence-electron chi connectivity index (χ4n) is 8.07. The lowest BCUT2D eigenvalue weighted by molar-refractivity contribution is -0.220. The van der Waals surface area contributed by atoms with E-state index >= 15 is 0 Å². The minimum atomic E-state index is -5.14. The average Bonchev–Trinajstić information content (AvgIpc) is 3.23. The second-order valence-corrected chi connectivity index (χ2v) is 19.3. The van der Waals surface area contributed by atoms with Crippen LogP contribution >= 0.6 is 7.82 Å². The van der Waals surface area contributed by atoms with Gasteiger partial charge in [0.15, 0.2) is 0 Å². The summed E-state index contributed by atoms with van der Waals surface area (Å²) in [5.74, 6) is -0.589. The summed E-state index contributed by atoms with van der Waals surface area (Å²) in [5, 5.41) is 74.5. The highest BCUT2D eigenvalue weighted by atomic mass is 31.2. The van der Waals surface area contributed by atoms with Gasteiger partial charge in [-0.25, -0.2) is 4.57 Å². The second-order valence-electron chi connectivity index (χ2n) is 17.9. The maximum Gasteiger partial charge on any atom is 0.472 e. The Kier molecular flexibility index (Phi) is 35.5. The monoisotopic (exact) mass is 894 g/mol. The fourth-order valence-corrected chi connectivity index (χ4v) is 9.03. The van der Waals surface area contributed by atoms with E-state index in [0.717, 1.165) is 44.9 Å². The van der Waals surface area contributed by atoms with Gasteiger partial charge in [0.2, 0.25) is 5.91 Å². The molecule has 13 nitrogen and oxygen atoms in total. The van der Waals surface area contributed by atoms with Crippen LogP contribution in [0.2, 0.25) is 0 Å². The molecule has 8 atom stereocenters. The van der Waals surface area contributed by atoms with Gasteiger partial charge in [-0.3, -0.25) is 13.8 Å². The highest BCUT2D eigenvalue weighted by molar-refractivity contribution is 7.47. The van der Waals surface area contributed by atoms with Gasteiger partial charge in [-0.2, -0.15) is 0 Å². The Hall–Kier alpha value is -0.960. The average molecular weight is 894 g/mol. The molecule has 0 saturated heterocycles. The SMILES string of the molecule is CCCCCCCCCCCCC/C=C/C(O)C(COP(=O)(O)OC1C(O)C(O)C(O)C(O)C1O)NC(=O)CC(O)CCCCCCCCCCCCCCCCCCCC. The first-order valence-electron chi connectivity index (χ1n) is 24.7. The van der Waals surface area contributed by atoms with Crippen molar-refractivity contribution >= 4 is 13.7 Å². The number of carbonyl (C=O) groups excluding carboxylic acids is 1. The van der Waals surface area contributed by atoms with Crippen molar-refractivity contribution in [1.29, 1.82) is 0 Å². The number of allylic oxidation sites excluding steroid dienone is 1. The first-order valence-corrected chi connectivity index (χ1v) is 26.2. The third kappa shape index (κ3) is 29.2. The first kappa shape index (κ1) is 58.1. The van der Waals surface area contributed by atoms with Crippen LogP contribution in [0.3, 0.4) is 0 Å². The van der Waals surface area contributed by atoms with Gasteiger partial charge in [-0.05, 0) is 19.3 Å². The molecule has 0 aliphatic heterocycles. The number of phosphoric ester groups is 1. The molecule has 61 heavy (non-hydrogen) atoms. The molecule has 0 aromatic rings. The Morgan fingerprint density at radius 2 is 0.934 bits per heavy atom. The molecule has 0 bridgehead atoms. The molecule has 1 aliphatic rings. The van der Waals surface area contributed by atoms with Crippen molar-refractivity contribution in [1.82, 2.24) is 5.32 Å². The van der Waals surface area contributed by atoms with Gasteiger partial charge in [0, 0.05) is 0 Å². The molecule has 1 saturated carbocycles. The van der Waals surface area contributed by atoms with Gasteiger partial charge in [0.1, 0.15) is 36.6 Å². The number of amides is 1. The van der Waals surface area contributed by atoms with Crippen LogP contribution in [0.1, 0.15) is 219 Å². The summed E-state index contributed by atoms with van der Waals surface area (Å²) in [7, 11) is -5.14. The highest BCUT2D eigenvalue weighted by Gasteiger charge is 2.51. The van der Waals surface area contributed by atoms with Gasteiger partial charge >= 0.3 is 7.82 Å². The van der Waals surface area contributed by atoms with Crippen LogP contribution in [0.15, 0.2) is 12.2 Å². The number of nitrogens with one attached hydrogen (secondary N) is 1. The van der Waals surface area contributed by atoms with Crippen molar-refractivity contribution < 1.29 is 59.0 Å². The summed E-state index contributed by atoms with van der Waals surface area (Å²) in [5.41, 5.74) is 0. The second kappa shape index (κ2) is 37.3. The Bertz CT molecular complexity index is 1100. The Labute approximate surface area is 370 Å². The number of phosphoric acid groups is 1. The van der Waals surface area contributed by atoms with Gasteiger partial charge in [-0.15, -0.1) is 0 Å². The molecular formula is C47H92NO12P. The minimum absolute atomic E-state index is 0.240. The van der Waals surface area contributed by atoms with Gasteiger partial charge < -0.3 is 46.0 Å². The largest absolute Gasteiger partial charge is 0.472 e. The number of rotatable bonds is 41. The van der Waals surface area contributed by atoms with E-state index in [4.69, 9.17) is 9.05 Å². The molecule has 1 aliphatic carbocycles.